The highest BCUT2D eigenvalue weighted by molar-refractivity contribution is 5.31. The molecule has 2 rings (SSSR count). The van der Waals surface area contributed by atoms with Gasteiger partial charge in [-0.15, -0.1) is 5.10 Å². The lowest BCUT2D eigenvalue weighted by molar-refractivity contribution is 0.304. The van der Waals surface area contributed by atoms with Crippen molar-refractivity contribution in [2.45, 2.75) is 53.0 Å². The number of anilines is 1. The van der Waals surface area contributed by atoms with Crippen LogP contribution in [0.4, 0.5) is 5.95 Å². The van der Waals surface area contributed by atoms with Gasteiger partial charge >= 0.3 is 0 Å². The van der Waals surface area contributed by atoms with Crippen molar-refractivity contribution in [2.75, 3.05) is 18.0 Å². The minimum atomic E-state index is 0.266. The Hall–Kier alpha value is -1.10. The summed E-state index contributed by atoms with van der Waals surface area (Å²) in [7, 11) is 0. The Morgan fingerprint density at radius 3 is 2.79 bits per heavy atom. The van der Waals surface area contributed by atoms with Crippen LogP contribution in [0.1, 0.15) is 46.4 Å². The van der Waals surface area contributed by atoms with Crippen LogP contribution in [0.15, 0.2) is 0 Å². The van der Waals surface area contributed by atoms with Crippen LogP contribution in [0.3, 0.4) is 0 Å². The van der Waals surface area contributed by atoms with Crippen LogP contribution in [-0.2, 0) is 6.42 Å². The van der Waals surface area contributed by atoms with Crippen LogP contribution in [0.25, 0.3) is 0 Å². The van der Waals surface area contributed by atoms with Crippen molar-refractivity contribution in [1.82, 2.24) is 15.2 Å². The maximum Gasteiger partial charge on any atom is 0.244 e. The van der Waals surface area contributed by atoms with Crippen molar-refractivity contribution in [2.24, 2.45) is 17.1 Å². The third kappa shape index (κ3) is 4.20. The van der Waals surface area contributed by atoms with Gasteiger partial charge in [-0.3, -0.25) is 5.10 Å². The van der Waals surface area contributed by atoms with E-state index in [0.717, 1.165) is 37.7 Å². The first-order valence-electron chi connectivity index (χ1n) is 7.25. The average molecular weight is 265 g/mol. The van der Waals surface area contributed by atoms with E-state index in [1.807, 2.05) is 0 Å². The smallest absolute Gasteiger partial charge is 0.244 e. The van der Waals surface area contributed by atoms with Crippen LogP contribution in [0, 0.1) is 11.3 Å². The molecule has 2 unspecified atom stereocenters. The van der Waals surface area contributed by atoms with E-state index in [-0.39, 0.29) is 6.04 Å². The highest BCUT2D eigenvalue weighted by atomic mass is 15.4. The van der Waals surface area contributed by atoms with Gasteiger partial charge in [-0.1, -0.05) is 27.7 Å². The van der Waals surface area contributed by atoms with E-state index in [0.29, 0.717) is 11.3 Å². The van der Waals surface area contributed by atoms with Gasteiger partial charge in [-0.25, -0.2) is 0 Å². The maximum absolute atomic E-state index is 5.91. The highest BCUT2D eigenvalue weighted by Crippen LogP contribution is 2.26. The number of hydrogen-bond donors (Lipinski definition) is 2. The zero-order valence-corrected chi connectivity index (χ0v) is 12.6. The Morgan fingerprint density at radius 1 is 1.47 bits per heavy atom. The third-order valence-corrected chi connectivity index (χ3v) is 3.53. The summed E-state index contributed by atoms with van der Waals surface area (Å²) < 4.78 is 0. The number of nitrogens with one attached hydrogen (secondary N) is 1. The predicted octanol–water partition coefficient (Wildman–Crippen LogP) is 1.96. The second-order valence-corrected chi connectivity index (χ2v) is 7.15. The van der Waals surface area contributed by atoms with Crippen LogP contribution >= 0.6 is 0 Å². The van der Waals surface area contributed by atoms with E-state index in [1.165, 1.54) is 6.42 Å². The molecule has 0 aromatic carbocycles. The van der Waals surface area contributed by atoms with E-state index < -0.39 is 0 Å². The quantitative estimate of drug-likeness (QED) is 0.873. The molecule has 5 heteroatoms. The van der Waals surface area contributed by atoms with Gasteiger partial charge in [0.2, 0.25) is 5.95 Å². The molecule has 2 atom stereocenters. The van der Waals surface area contributed by atoms with Gasteiger partial charge in [0.15, 0.2) is 0 Å². The molecule has 1 aliphatic heterocycles. The van der Waals surface area contributed by atoms with Crippen molar-refractivity contribution in [3.8, 4) is 0 Å². The molecule has 19 heavy (non-hydrogen) atoms. The average Bonchev–Trinajstić information content (AvgIpc) is 2.83. The fourth-order valence-electron chi connectivity index (χ4n) is 2.93. The molecule has 108 valence electrons. The Balaban J connectivity index is 1.90. The molecule has 0 aliphatic carbocycles. The number of nitrogens with zero attached hydrogens (tertiary/aromatic N) is 3. The van der Waals surface area contributed by atoms with Crippen molar-refractivity contribution in [3.63, 3.8) is 0 Å². The van der Waals surface area contributed by atoms with Crippen LogP contribution in [0.2, 0.25) is 0 Å². The number of H-pyrrole nitrogens is 1. The number of aromatic amines is 1. The van der Waals surface area contributed by atoms with Crippen LogP contribution in [0.5, 0.6) is 0 Å². The SMILES string of the molecule is CC(Cc1nc(N2CCC(N)C2)n[nH]1)CC(C)(C)C. The zero-order chi connectivity index (χ0) is 14.0. The lowest BCUT2D eigenvalue weighted by Crippen LogP contribution is -2.27. The molecule has 2 heterocycles. The summed E-state index contributed by atoms with van der Waals surface area (Å²) in [5, 5.41) is 7.39. The molecule has 1 aromatic rings. The van der Waals surface area contributed by atoms with Gasteiger partial charge in [-0.2, -0.15) is 4.98 Å². The molecule has 0 bridgehead atoms. The molecule has 1 saturated heterocycles. The van der Waals surface area contributed by atoms with E-state index in [1.54, 1.807) is 0 Å². The fraction of sp³-hybridized carbons (Fsp3) is 0.857. The van der Waals surface area contributed by atoms with Gasteiger partial charge in [0, 0.05) is 25.6 Å². The minimum absolute atomic E-state index is 0.266. The Kier molecular flexibility index (Phi) is 4.13. The predicted molar refractivity (Wildman–Crippen MR) is 78.1 cm³/mol. The second-order valence-electron chi connectivity index (χ2n) is 7.15. The van der Waals surface area contributed by atoms with Gasteiger partial charge < -0.3 is 10.6 Å². The molecule has 0 radical (unpaired) electrons. The van der Waals surface area contributed by atoms with Crippen LogP contribution < -0.4 is 10.6 Å². The molecule has 1 aromatic heterocycles. The summed E-state index contributed by atoms with van der Waals surface area (Å²) in [6, 6.07) is 0.266. The first-order valence-corrected chi connectivity index (χ1v) is 7.25. The molecule has 1 fully saturated rings. The first kappa shape index (κ1) is 14.3. The number of aromatic nitrogens is 3. The summed E-state index contributed by atoms with van der Waals surface area (Å²) >= 11 is 0. The van der Waals surface area contributed by atoms with E-state index in [9.17, 15) is 0 Å². The molecule has 0 amide bonds. The second kappa shape index (κ2) is 5.49. The van der Waals surface area contributed by atoms with Gasteiger partial charge in [0.1, 0.15) is 5.82 Å². The van der Waals surface area contributed by atoms with Gasteiger partial charge in [0.05, 0.1) is 0 Å². The molecule has 3 N–H and O–H groups in total. The molecule has 0 spiro atoms. The van der Waals surface area contributed by atoms with E-state index in [4.69, 9.17) is 5.73 Å². The standard InChI is InChI=1S/C14H27N5/c1-10(8-14(2,3)4)7-12-16-13(18-17-12)19-6-5-11(15)9-19/h10-11H,5-9,15H2,1-4H3,(H,16,17,18). The third-order valence-electron chi connectivity index (χ3n) is 3.53. The van der Waals surface area contributed by atoms with Crippen molar-refractivity contribution in [3.05, 3.63) is 5.82 Å². The van der Waals surface area contributed by atoms with Crippen LogP contribution in [-0.4, -0.2) is 34.3 Å². The Morgan fingerprint density at radius 2 is 2.21 bits per heavy atom. The summed E-state index contributed by atoms with van der Waals surface area (Å²) in [4.78, 5) is 6.77. The number of rotatable bonds is 4. The topological polar surface area (TPSA) is 70.8 Å². The lowest BCUT2D eigenvalue weighted by atomic mass is 9.84. The summed E-state index contributed by atoms with van der Waals surface area (Å²) in [5.41, 5.74) is 6.28. The van der Waals surface area contributed by atoms with E-state index >= 15 is 0 Å². The lowest BCUT2D eigenvalue weighted by Gasteiger charge is -2.22. The molecule has 5 nitrogen and oxygen atoms in total. The number of hydrogen-bond acceptors (Lipinski definition) is 4. The summed E-state index contributed by atoms with van der Waals surface area (Å²) in [6.07, 6.45) is 3.19. The Bertz CT molecular complexity index is 406. The molecular weight excluding hydrogens is 238 g/mol. The summed E-state index contributed by atoms with van der Waals surface area (Å²) in [5.74, 6) is 2.42. The largest absolute Gasteiger partial charge is 0.338 e. The maximum atomic E-state index is 5.91. The number of nitrogens with two attached hydrogens (primary N) is 1. The Labute approximate surface area is 116 Å². The highest BCUT2D eigenvalue weighted by Gasteiger charge is 2.23. The molecule has 0 saturated carbocycles. The minimum Gasteiger partial charge on any atom is -0.338 e. The van der Waals surface area contributed by atoms with Gasteiger partial charge in [0.25, 0.3) is 0 Å². The van der Waals surface area contributed by atoms with Gasteiger partial charge in [-0.05, 0) is 24.2 Å². The van der Waals surface area contributed by atoms with Crippen molar-refractivity contribution < 1.29 is 0 Å². The molecular formula is C14H27N5. The molecule has 1 aliphatic rings. The zero-order valence-electron chi connectivity index (χ0n) is 12.6. The fourth-order valence-corrected chi connectivity index (χ4v) is 2.93. The summed E-state index contributed by atoms with van der Waals surface area (Å²) in [6.45, 7) is 11.0. The monoisotopic (exact) mass is 265 g/mol. The first-order chi connectivity index (χ1) is 8.83. The van der Waals surface area contributed by atoms with E-state index in [2.05, 4.69) is 47.8 Å². The normalized spacial score (nSPS) is 21.9. The van der Waals surface area contributed by atoms with Crippen molar-refractivity contribution in [1.29, 1.82) is 0 Å². The van der Waals surface area contributed by atoms with Crippen molar-refractivity contribution >= 4 is 5.95 Å².